The average Bonchev–Trinajstić information content (AvgIpc) is 3.02. The molecule has 5 nitrogen and oxygen atoms in total. The van der Waals surface area contributed by atoms with E-state index in [-0.39, 0.29) is 12.7 Å². The number of hydrogen-bond acceptors (Lipinski definition) is 4. The van der Waals surface area contributed by atoms with Crippen LogP contribution in [0.5, 0.6) is 11.5 Å². The molecule has 24 heavy (non-hydrogen) atoms. The van der Waals surface area contributed by atoms with E-state index in [0.717, 1.165) is 16.5 Å². The van der Waals surface area contributed by atoms with E-state index in [9.17, 15) is 4.79 Å². The summed E-state index contributed by atoms with van der Waals surface area (Å²) in [5.74, 6) is 1.13. The molecule has 0 radical (unpaired) electrons. The fourth-order valence-electron chi connectivity index (χ4n) is 2.79. The highest BCUT2D eigenvalue weighted by molar-refractivity contribution is 6.07. The third kappa shape index (κ3) is 2.54. The molecule has 120 valence electrons. The van der Waals surface area contributed by atoms with Gasteiger partial charge in [-0.2, -0.15) is 0 Å². The first kappa shape index (κ1) is 14.5. The monoisotopic (exact) mass is 320 g/mol. The molecule has 3 aromatic rings. The van der Waals surface area contributed by atoms with Crippen molar-refractivity contribution in [1.29, 1.82) is 0 Å². The van der Waals surface area contributed by atoms with Gasteiger partial charge in [0.15, 0.2) is 11.5 Å². The lowest BCUT2D eigenvalue weighted by molar-refractivity contribution is 0.102. The molecule has 4 rings (SSSR count). The molecule has 1 aliphatic rings. The second-order valence-electron chi connectivity index (χ2n) is 5.84. The lowest BCUT2D eigenvalue weighted by Gasteiger charge is -2.10. The van der Waals surface area contributed by atoms with Crippen molar-refractivity contribution in [2.75, 3.05) is 12.1 Å². The van der Waals surface area contributed by atoms with Crippen molar-refractivity contribution in [2.24, 2.45) is 0 Å². The summed E-state index contributed by atoms with van der Waals surface area (Å²) >= 11 is 0. The van der Waals surface area contributed by atoms with E-state index >= 15 is 0 Å². The van der Waals surface area contributed by atoms with Gasteiger partial charge in [0, 0.05) is 17.1 Å². The summed E-state index contributed by atoms with van der Waals surface area (Å²) in [4.78, 5) is 17.2. The van der Waals surface area contributed by atoms with Crippen LogP contribution < -0.4 is 14.8 Å². The number of amides is 1. The molecule has 1 aromatic heterocycles. The summed E-state index contributed by atoms with van der Waals surface area (Å²) in [5.41, 5.74) is 3.94. The normalized spacial score (nSPS) is 12.4. The second kappa shape index (κ2) is 5.53. The number of nitrogens with one attached hydrogen (secondary N) is 1. The summed E-state index contributed by atoms with van der Waals surface area (Å²) in [6.45, 7) is 4.07. The highest BCUT2D eigenvalue weighted by atomic mass is 16.7. The SMILES string of the molecule is Cc1ccc2nc(C)c(C(=O)Nc3ccc4c(c3)OCO4)cc2c1. The molecular formula is C19H16N2O3. The predicted octanol–water partition coefficient (Wildman–Crippen LogP) is 3.83. The number of benzene rings is 2. The Bertz CT molecular complexity index is 966. The van der Waals surface area contributed by atoms with E-state index in [0.29, 0.717) is 28.4 Å². The number of aromatic nitrogens is 1. The van der Waals surface area contributed by atoms with Gasteiger partial charge in [0.2, 0.25) is 6.79 Å². The lowest BCUT2D eigenvalue weighted by Crippen LogP contribution is -2.14. The van der Waals surface area contributed by atoms with Crippen molar-refractivity contribution in [3.8, 4) is 11.5 Å². The lowest BCUT2D eigenvalue weighted by atomic mass is 10.1. The number of fused-ring (bicyclic) bond motifs is 2. The maximum atomic E-state index is 12.6. The Labute approximate surface area is 139 Å². The molecule has 0 bridgehead atoms. The topological polar surface area (TPSA) is 60.5 Å². The maximum absolute atomic E-state index is 12.6. The first-order valence-corrected chi connectivity index (χ1v) is 7.69. The third-order valence-corrected chi connectivity index (χ3v) is 4.04. The summed E-state index contributed by atoms with van der Waals surface area (Å²) in [6, 6.07) is 13.2. The van der Waals surface area contributed by atoms with Crippen molar-refractivity contribution in [3.05, 3.63) is 59.3 Å². The molecule has 0 unspecified atom stereocenters. The second-order valence-corrected chi connectivity index (χ2v) is 5.84. The van der Waals surface area contributed by atoms with Crippen LogP contribution in [0.4, 0.5) is 5.69 Å². The van der Waals surface area contributed by atoms with Gasteiger partial charge in [-0.05, 0) is 44.2 Å². The van der Waals surface area contributed by atoms with E-state index in [1.54, 1.807) is 18.2 Å². The smallest absolute Gasteiger partial charge is 0.257 e. The van der Waals surface area contributed by atoms with Gasteiger partial charge in [0.05, 0.1) is 16.8 Å². The van der Waals surface area contributed by atoms with Crippen LogP contribution in [0.15, 0.2) is 42.5 Å². The first-order chi connectivity index (χ1) is 11.6. The third-order valence-electron chi connectivity index (χ3n) is 4.04. The van der Waals surface area contributed by atoms with Gasteiger partial charge in [-0.1, -0.05) is 11.6 Å². The number of aryl methyl sites for hydroxylation is 2. The Morgan fingerprint density at radius 3 is 2.75 bits per heavy atom. The number of hydrogen-bond donors (Lipinski definition) is 1. The van der Waals surface area contributed by atoms with E-state index in [1.165, 1.54) is 0 Å². The van der Waals surface area contributed by atoms with Crippen LogP contribution in [0.2, 0.25) is 0 Å². The Kier molecular flexibility index (Phi) is 3.34. The average molecular weight is 320 g/mol. The van der Waals surface area contributed by atoms with Crippen molar-refractivity contribution < 1.29 is 14.3 Å². The number of anilines is 1. The molecule has 2 heterocycles. The Morgan fingerprint density at radius 2 is 1.88 bits per heavy atom. The van der Waals surface area contributed by atoms with Crippen LogP contribution in [0.25, 0.3) is 10.9 Å². The molecule has 0 aliphatic carbocycles. The van der Waals surface area contributed by atoms with Crippen molar-refractivity contribution in [3.63, 3.8) is 0 Å². The Hall–Kier alpha value is -3.08. The van der Waals surface area contributed by atoms with Crippen LogP contribution >= 0.6 is 0 Å². The molecule has 5 heteroatoms. The van der Waals surface area contributed by atoms with Gasteiger partial charge in [-0.15, -0.1) is 0 Å². The summed E-state index contributed by atoms with van der Waals surface area (Å²) < 4.78 is 10.6. The highest BCUT2D eigenvalue weighted by Crippen LogP contribution is 2.34. The van der Waals surface area contributed by atoms with E-state index < -0.39 is 0 Å². The van der Waals surface area contributed by atoms with E-state index in [4.69, 9.17) is 9.47 Å². The van der Waals surface area contributed by atoms with Crippen LogP contribution in [0.1, 0.15) is 21.6 Å². The minimum absolute atomic E-state index is 0.192. The summed E-state index contributed by atoms with van der Waals surface area (Å²) in [7, 11) is 0. The molecule has 0 saturated carbocycles. The Morgan fingerprint density at radius 1 is 1.04 bits per heavy atom. The largest absolute Gasteiger partial charge is 0.454 e. The first-order valence-electron chi connectivity index (χ1n) is 7.69. The van der Waals surface area contributed by atoms with Crippen molar-refractivity contribution in [1.82, 2.24) is 4.98 Å². The molecule has 1 N–H and O–H groups in total. The van der Waals surface area contributed by atoms with Crippen molar-refractivity contribution in [2.45, 2.75) is 13.8 Å². The molecule has 2 aromatic carbocycles. The van der Waals surface area contributed by atoms with Gasteiger partial charge >= 0.3 is 0 Å². The van der Waals surface area contributed by atoms with Gasteiger partial charge < -0.3 is 14.8 Å². The van der Waals surface area contributed by atoms with E-state index in [2.05, 4.69) is 10.3 Å². The molecular weight excluding hydrogens is 304 g/mol. The molecule has 0 atom stereocenters. The van der Waals surface area contributed by atoms with Crippen molar-refractivity contribution >= 4 is 22.5 Å². The molecule has 1 amide bonds. The number of carbonyl (C=O) groups excluding carboxylic acids is 1. The minimum Gasteiger partial charge on any atom is -0.454 e. The fraction of sp³-hybridized carbons (Fsp3) is 0.158. The molecule has 0 saturated heterocycles. The molecule has 0 fully saturated rings. The Balaban J connectivity index is 1.66. The quantitative estimate of drug-likeness (QED) is 0.779. The number of pyridine rings is 1. The number of carbonyl (C=O) groups is 1. The van der Waals surface area contributed by atoms with Gasteiger partial charge in [-0.3, -0.25) is 9.78 Å². The van der Waals surface area contributed by atoms with Gasteiger partial charge in [-0.25, -0.2) is 0 Å². The number of rotatable bonds is 2. The van der Waals surface area contributed by atoms with Crippen LogP contribution in [0, 0.1) is 13.8 Å². The van der Waals surface area contributed by atoms with Gasteiger partial charge in [0.1, 0.15) is 0 Å². The summed E-state index contributed by atoms with van der Waals surface area (Å²) in [6.07, 6.45) is 0. The van der Waals surface area contributed by atoms with Gasteiger partial charge in [0.25, 0.3) is 5.91 Å². The number of nitrogens with zero attached hydrogens (tertiary/aromatic N) is 1. The zero-order valence-electron chi connectivity index (χ0n) is 13.4. The highest BCUT2D eigenvalue weighted by Gasteiger charge is 2.16. The van der Waals surface area contributed by atoms with Crippen LogP contribution in [-0.2, 0) is 0 Å². The van der Waals surface area contributed by atoms with Crippen LogP contribution in [-0.4, -0.2) is 17.7 Å². The zero-order chi connectivity index (χ0) is 16.7. The standard InChI is InChI=1S/C19H16N2O3/c1-11-3-5-16-13(7-11)8-15(12(2)20-16)19(22)21-14-4-6-17-18(9-14)24-10-23-17/h3-9H,10H2,1-2H3,(H,21,22). The minimum atomic E-state index is -0.192. The van der Waals surface area contributed by atoms with E-state index in [1.807, 2.05) is 38.1 Å². The number of ether oxygens (including phenoxy) is 2. The maximum Gasteiger partial charge on any atom is 0.257 e. The fourth-order valence-corrected chi connectivity index (χ4v) is 2.79. The predicted molar refractivity (Wildman–Crippen MR) is 91.7 cm³/mol. The van der Waals surface area contributed by atoms with Crippen LogP contribution in [0.3, 0.4) is 0 Å². The molecule has 1 aliphatic heterocycles. The zero-order valence-corrected chi connectivity index (χ0v) is 13.4. The summed E-state index contributed by atoms with van der Waals surface area (Å²) in [5, 5.41) is 3.85. The molecule has 0 spiro atoms.